The lowest BCUT2D eigenvalue weighted by molar-refractivity contribution is -0.116. The van der Waals surface area contributed by atoms with Crippen LogP contribution in [0.1, 0.15) is 32.1 Å². The molecule has 1 amide bonds. The van der Waals surface area contributed by atoms with Crippen molar-refractivity contribution in [2.45, 2.75) is 32.1 Å². The van der Waals surface area contributed by atoms with Crippen LogP contribution < -0.4 is 5.32 Å². The molecule has 0 radical (unpaired) electrons. The van der Waals surface area contributed by atoms with Gasteiger partial charge in [0.25, 0.3) is 0 Å². The number of hydrogen-bond donors (Lipinski definition) is 1. The van der Waals surface area contributed by atoms with E-state index in [2.05, 4.69) is 11.2 Å². The molecule has 0 aliphatic heterocycles. The first-order valence-corrected chi connectivity index (χ1v) is 4.73. The van der Waals surface area contributed by atoms with Crippen LogP contribution in [0.4, 0.5) is 0 Å². The number of allylic oxidation sites excluding steroid dienone is 1. The Kier molecular flexibility index (Phi) is 4.11. The van der Waals surface area contributed by atoms with Crippen molar-refractivity contribution in [3.8, 4) is 12.3 Å². The quantitative estimate of drug-likeness (QED) is 0.504. The van der Waals surface area contributed by atoms with E-state index in [-0.39, 0.29) is 5.91 Å². The Hall–Kier alpha value is -1.23. The highest BCUT2D eigenvalue weighted by atomic mass is 16.1. The lowest BCUT2D eigenvalue weighted by Gasteiger charge is -2.12. The summed E-state index contributed by atoms with van der Waals surface area (Å²) in [7, 11) is 0. The molecule has 0 atom stereocenters. The van der Waals surface area contributed by atoms with Crippen LogP contribution in [0.2, 0.25) is 0 Å². The van der Waals surface area contributed by atoms with Gasteiger partial charge in [0.1, 0.15) is 0 Å². The lowest BCUT2D eigenvalue weighted by Crippen LogP contribution is -2.21. The van der Waals surface area contributed by atoms with Crippen molar-refractivity contribution in [2.75, 3.05) is 6.54 Å². The molecule has 1 rings (SSSR count). The maximum absolute atomic E-state index is 11.2. The minimum atomic E-state index is -0.0464. The Bertz CT molecular complexity index is 239. The van der Waals surface area contributed by atoms with E-state index in [1.807, 2.05) is 0 Å². The highest BCUT2D eigenvalue weighted by Gasteiger charge is 2.06. The van der Waals surface area contributed by atoms with Crippen molar-refractivity contribution >= 4 is 5.91 Å². The van der Waals surface area contributed by atoms with Gasteiger partial charge in [-0.25, -0.2) is 0 Å². The van der Waals surface area contributed by atoms with Crippen LogP contribution in [0.15, 0.2) is 11.6 Å². The van der Waals surface area contributed by atoms with Gasteiger partial charge in [0.05, 0.1) is 6.54 Å². The highest BCUT2D eigenvalue weighted by molar-refractivity contribution is 5.88. The first-order valence-electron chi connectivity index (χ1n) is 4.73. The Labute approximate surface area is 79.4 Å². The molecule has 0 aromatic carbocycles. The molecular formula is C11H15NO. The zero-order valence-electron chi connectivity index (χ0n) is 7.81. The van der Waals surface area contributed by atoms with Gasteiger partial charge in [0.2, 0.25) is 5.91 Å². The summed E-state index contributed by atoms with van der Waals surface area (Å²) in [6, 6.07) is 0. The Morgan fingerprint density at radius 2 is 2.15 bits per heavy atom. The second-order valence-corrected chi connectivity index (χ2v) is 3.29. The van der Waals surface area contributed by atoms with Gasteiger partial charge in [-0.15, -0.1) is 6.42 Å². The summed E-state index contributed by atoms with van der Waals surface area (Å²) in [6.07, 6.45) is 12.6. The van der Waals surface area contributed by atoms with E-state index in [0.29, 0.717) is 6.54 Å². The van der Waals surface area contributed by atoms with E-state index in [0.717, 1.165) is 12.8 Å². The van der Waals surface area contributed by atoms with Gasteiger partial charge < -0.3 is 5.32 Å². The fourth-order valence-corrected chi connectivity index (χ4v) is 1.52. The van der Waals surface area contributed by atoms with Crippen molar-refractivity contribution in [2.24, 2.45) is 0 Å². The molecule has 0 aromatic heterocycles. The van der Waals surface area contributed by atoms with Gasteiger partial charge >= 0.3 is 0 Å². The Balaban J connectivity index is 2.35. The summed E-state index contributed by atoms with van der Waals surface area (Å²) in [6.45, 7) is 0.322. The maximum Gasteiger partial charge on any atom is 0.244 e. The van der Waals surface area contributed by atoms with Crippen LogP contribution in [0.3, 0.4) is 0 Å². The fourth-order valence-electron chi connectivity index (χ4n) is 1.52. The summed E-state index contributed by atoms with van der Waals surface area (Å²) < 4.78 is 0. The third-order valence-electron chi connectivity index (χ3n) is 2.20. The third kappa shape index (κ3) is 3.80. The number of carbonyl (C=O) groups is 1. The van der Waals surface area contributed by atoms with Gasteiger partial charge in [-0.3, -0.25) is 4.79 Å². The minimum absolute atomic E-state index is 0.0464. The van der Waals surface area contributed by atoms with Gasteiger partial charge in [0.15, 0.2) is 0 Å². The molecule has 0 heterocycles. The molecule has 2 nitrogen and oxygen atoms in total. The summed E-state index contributed by atoms with van der Waals surface area (Å²) in [5, 5.41) is 2.63. The normalized spacial score (nSPS) is 16.1. The number of terminal acetylenes is 1. The smallest absolute Gasteiger partial charge is 0.244 e. The van der Waals surface area contributed by atoms with E-state index in [1.165, 1.54) is 24.8 Å². The fraction of sp³-hybridized carbons (Fsp3) is 0.545. The first kappa shape index (κ1) is 9.85. The summed E-state index contributed by atoms with van der Waals surface area (Å²) >= 11 is 0. The first-order chi connectivity index (χ1) is 6.33. The average Bonchev–Trinajstić information content (AvgIpc) is 2.16. The predicted octanol–water partition coefficient (Wildman–Crippen LogP) is 1.63. The van der Waals surface area contributed by atoms with Gasteiger partial charge in [-0.05, 0) is 25.7 Å². The molecule has 0 bridgehead atoms. The molecule has 1 N–H and O–H groups in total. The van der Waals surface area contributed by atoms with Crippen LogP contribution in [0.25, 0.3) is 0 Å². The second kappa shape index (κ2) is 5.42. The topological polar surface area (TPSA) is 29.1 Å². The molecule has 1 aliphatic carbocycles. The van der Waals surface area contributed by atoms with E-state index >= 15 is 0 Å². The van der Waals surface area contributed by atoms with Crippen LogP contribution in [0.5, 0.6) is 0 Å². The molecular weight excluding hydrogens is 162 g/mol. The van der Waals surface area contributed by atoms with Crippen LogP contribution in [-0.2, 0) is 4.79 Å². The number of hydrogen-bond acceptors (Lipinski definition) is 1. The Morgan fingerprint density at radius 3 is 2.77 bits per heavy atom. The zero-order chi connectivity index (χ0) is 9.52. The van der Waals surface area contributed by atoms with E-state index in [1.54, 1.807) is 6.08 Å². The number of carbonyl (C=O) groups excluding carboxylic acids is 1. The van der Waals surface area contributed by atoms with Gasteiger partial charge in [-0.2, -0.15) is 0 Å². The van der Waals surface area contributed by atoms with Crippen molar-refractivity contribution in [3.63, 3.8) is 0 Å². The molecule has 1 aliphatic rings. The van der Waals surface area contributed by atoms with Crippen LogP contribution >= 0.6 is 0 Å². The zero-order valence-corrected chi connectivity index (χ0v) is 7.81. The lowest BCUT2D eigenvalue weighted by atomic mass is 9.95. The molecule has 1 saturated carbocycles. The molecule has 1 fully saturated rings. The molecule has 0 aromatic rings. The van der Waals surface area contributed by atoms with E-state index < -0.39 is 0 Å². The molecule has 70 valence electrons. The molecule has 2 heteroatoms. The number of rotatable bonds is 2. The predicted molar refractivity (Wildman–Crippen MR) is 53.0 cm³/mol. The van der Waals surface area contributed by atoms with Crippen molar-refractivity contribution in [1.29, 1.82) is 0 Å². The molecule has 13 heavy (non-hydrogen) atoms. The summed E-state index contributed by atoms with van der Waals surface area (Å²) in [5.41, 5.74) is 1.26. The van der Waals surface area contributed by atoms with Crippen LogP contribution in [0, 0.1) is 12.3 Å². The monoisotopic (exact) mass is 177 g/mol. The summed E-state index contributed by atoms with van der Waals surface area (Å²) in [5.74, 6) is 2.33. The number of amides is 1. The number of nitrogens with one attached hydrogen (secondary N) is 1. The molecule has 0 saturated heterocycles. The maximum atomic E-state index is 11.2. The summed E-state index contributed by atoms with van der Waals surface area (Å²) in [4.78, 5) is 11.2. The molecule has 0 spiro atoms. The van der Waals surface area contributed by atoms with E-state index in [4.69, 9.17) is 6.42 Å². The van der Waals surface area contributed by atoms with Crippen molar-refractivity contribution in [1.82, 2.24) is 5.32 Å². The van der Waals surface area contributed by atoms with Crippen molar-refractivity contribution in [3.05, 3.63) is 11.6 Å². The van der Waals surface area contributed by atoms with E-state index in [9.17, 15) is 4.79 Å². The largest absolute Gasteiger partial charge is 0.342 e. The molecule has 0 unspecified atom stereocenters. The van der Waals surface area contributed by atoms with Crippen LogP contribution in [-0.4, -0.2) is 12.5 Å². The minimum Gasteiger partial charge on any atom is -0.342 e. The van der Waals surface area contributed by atoms with Gasteiger partial charge in [0, 0.05) is 6.08 Å². The second-order valence-electron chi connectivity index (χ2n) is 3.29. The third-order valence-corrected chi connectivity index (χ3v) is 2.20. The van der Waals surface area contributed by atoms with Crippen molar-refractivity contribution < 1.29 is 4.79 Å². The van der Waals surface area contributed by atoms with Gasteiger partial charge in [-0.1, -0.05) is 17.9 Å². The SMILES string of the molecule is C#CCNC(=O)C=C1CCCCC1. The highest BCUT2D eigenvalue weighted by Crippen LogP contribution is 2.22. The average molecular weight is 177 g/mol. The Morgan fingerprint density at radius 1 is 1.46 bits per heavy atom. The standard InChI is InChI=1S/C11H15NO/c1-2-8-12-11(13)9-10-6-4-3-5-7-10/h1,9H,3-8H2,(H,12,13).